The summed E-state index contributed by atoms with van der Waals surface area (Å²) in [7, 11) is 0. The Balaban J connectivity index is 2.23. The van der Waals surface area contributed by atoms with Crippen LogP contribution in [0.1, 0.15) is 46.9 Å². The van der Waals surface area contributed by atoms with Crippen LogP contribution in [0.2, 0.25) is 0 Å². The lowest BCUT2D eigenvalue weighted by molar-refractivity contribution is 0.282. The van der Waals surface area contributed by atoms with Gasteiger partial charge in [0.05, 0.1) is 17.6 Å². The Labute approximate surface area is 122 Å². The number of imidazole rings is 1. The minimum absolute atomic E-state index is 0.265. The summed E-state index contributed by atoms with van der Waals surface area (Å²) < 4.78 is 2.34. The number of aromatic nitrogens is 2. The third kappa shape index (κ3) is 3.21. The van der Waals surface area contributed by atoms with Crippen LogP contribution in [-0.4, -0.2) is 15.6 Å². The summed E-state index contributed by atoms with van der Waals surface area (Å²) in [5.74, 6) is 1.14. The Morgan fingerprint density at radius 3 is 2.60 bits per heavy atom. The van der Waals surface area contributed by atoms with E-state index < -0.39 is 0 Å². The van der Waals surface area contributed by atoms with Gasteiger partial charge in [-0.25, -0.2) is 4.98 Å². The van der Waals surface area contributed by atoms with Gasteiger partial charge in [-0.05, 0) is 30.9 Å². The van der Waals surface area contributed by atoms with Crippen LogP contribution in [0.5, 0.6) is 0 Å². The summed E-state index contributed by atoms with van der Waals surface area (Å²) >= 11 is 0. The largest absolute Gasteiger partial charge is 0.327 e. The molecule has 0 aliphatic rings. The first kappa shape index (κ1) is 15.0. The van der Waals surface area contributed by atoms with E-state index in [0.29, 0.717) is 6.04 Å². The molecule has 0 radical (unpaired) electrons. The normalized spacial score (nSPS) is 13.8. The summed E-state index contributed by atoms with van der Waals surface area (Å²) in [4.78, 5) is 4.79. The monoisotopic (exact) mass is 273 g/mol. The van der Waals surface area contributed by atoms with E-state index in [1.807, 2.05) is 0 Å². The van der Waals surface area contributed by atoms with E-state index in [1.54, 1.807) is 0 Å². The maximum Gasteiger partial charge on any atom is 0.123 e. The minimum atomic E-state index is 0.265. The fourth-order valence-corrected chi connectivity index (χ4v) is 2.28. The zero-order chi connectivity index (χ0) is 14.8. The second-order valence-electron chi connectivity index (χ2n) is 6.64. The van der Waals surface area contributed by atoms with E-state index in [4.69, 9.17) is 4.98 Å². The van der Waals surface area contributed by atoms with Crippen molar-refractivity contribution in [2.75, 3.05) is 0 Å². The smallest absolute Gasteiger partial charge is 0.123 e. The third-order valence-electron chi connectivity index (χ3n) is 4.05. The van der Waals surface area contributed by atoms with Crippen molar-refractivity contribution in [1.82, 2.24) is 14.9 Å². The highest BCUT2D eigenvalue weighted by Gasteiger charge is 2.20. The van der Waals surface area contributed by atoms with Crippen LogP contribution < -0.4 is 5.32 Å². The third-order valence-corrected chi connectivity index (χ3v) is 4.05. The van der Waals surface area contributed by atoms with Crippen molar-refractivity contribution in [1.29, 1.82) is 0 Å². The maximum absolute atomic E-state index is 4.79. The maximum atomic E-state index is 4.79. The predicted molar refractivity (Wildman–Crippen MR) is 85.8 cm³/mol. The van der Waals surface area contributed by atoms with E-state index >= 15 is 0 Å². The molecule has 1 unspecified atom stereocenters. The number of fused-ring (bicyclic) bond motifs is 1. The van der Waals surface area contributed by atoms with E-state index in [9.17, 15) is 0 Å². The minimum Gasteiger partial charge on any atom is -0.327 e. The molecule has 3 nitrogen and oxygen atoms in total. The molecule has 1 atom stereocenters. The van der Waals surface area contributed by atoms with Crippen molar-refractivity contribution in [2.24, 2.45) is 5.41 Å². The molecule has 2 aromatic rings. The number of nitrogens with zero attached hydrogens (tertiary/aromatic N) is 2. The molecule has 0 saturated heterocycles. The number of rotatable bonds is 5. The first-order valence-electron chi connectivity index (χ1n) is 7.61. The molecule has 0 aliphatic carbocycles. The summed E-state index contributed by atoms with van der Waals surface area (Å²) in [5, 5.41) is 3.62. The van der Waals surface area contributed by atoms with Crippen LogP contribution in [0.15, 0.2) is 24.3 Å². The Hall–Kier alpha value is -1.35. The van der Waals surface area contributed by atoms with Gasteiger partial charge in [-0.15, -0.1) is 0 Å². The van der Waals surface area contributed by atoms with Crippen LogP contribution >= 0.6 is 0 Å². The van der Waals surface area contributed by atoms with Crippen molar-refractivity contribution < 1.29 is 0 Å². The van der Waals surface area contributed by atoms with Crippen LogP contribution in [0.3, 0.4) is 0 Å². The summed E-state index contributed by atoms with van der Waals surface area (Å²) in [6.07, 6.45) is 1.13. The highest BCUT2D eigenvalue weighted by atomic mass is 15.1. The lowest BCUT2D eigenvalue weighted by Crippen LogP contribution is -2.37. The van der Waals surface area contributed by atoms with Gasteiger partial charge in [0.15, 0.2) is 0 Å². The number of hydrogen-bond donors (Lipinski definition) is 1. The zero-order valence-electron chi connectivity index (χ0n) is 13.4. The first-order chi connectivity index (χ1) is 9.43. The number of benzene rings is 1. The number of aryl methyl sites for hydroxylation is 1. The standard InChI is InChI=1S/C17H27N3/c1-6-11-20-15-10-8-7-9-14(15)19-16(20)12-18-13(2)17(3,4)5/h7-10,13,18H,6,11-12H2,1-5H3. The zero-order valence-corrected chi connectivity index (χ0v) is 13.4. The molecule has 1 aromatic carbocycles. The number of nitrogens with one attached hydrogen (secondary N) is 1. The highest BCUT2D eigenvalue weighted by molar-refractivity contribution is 5.75. The predicted octanol–water partition coefficient (Wildman–Crippen LogP) is 3.97. The average molecular weight is 273 g/mol. The second-order valence-corrected chi connectivity index (χ2v) is 6.64. The van der Waals surface area contributed by atoms with Gasteiger partial charge >= 0.3 is 0 Å². The van der Waals surface area contributed by atoms with Crippen molar-refractivity contribution in [2.45, 2.75) is 60.2 Å². The quantitative estimate of drug-likeness (QED) is 0.893. The van der Waals surface area contributed by atoms with Crippen molar-refractivity contribution >= 4 is 11.0 Å². The van der Waals surface area contributed by atoms with Gasteiger partial charge in [0.25, 0.3) is 0 Å². The average Bonchev–Trinajstić information content (AvgIpc) is 2.74. The van der Waals surface area contributed by atoms with Gasteiger partial charge < -0.3 is 9.88 Å². The van der Waals surface area contributed by atoms with Gasteiger partial charge in [0.2, 0.25) is 0 Å². The molecule has 1 N–H and O–H groups in total. The molecule has 0 spiro atoms. The van der Waals surface area contributed by atoms with E-state index in [1.165, 1.54) is 5.52 Å². The number of para-hydroxylation sites is 2. The highest BCUT2D eigenvalue weighted by Crippen LogP contribution is 2.20. The molecule has 0 amide bonds. The molecule has 0 saturated carbocycles. The van der Waals surface area contributed by atoms with Gasteiger partial charge in [-0.2, -0.15) is 0 Å². The van der Waals surface area contributed by atoms with Crippen LogP contribution in [0.25, 0.3) is 11.0 Å². The molecular weight excluding hydrogens is 246 g/mol. The molecule has 1 heterocycles. The van der Waals surface area contributed by atoms with Crippen LogP contribution in [0.4, 0.5) is 0 Å². The SMILES string of the molecule is CCCn1c(CNC(C)C(C)(C)C)nc2ccccc21. The Morgan fingerprint density at radius 1 is 1.25 bits per heavy atom. The molecule has 2 rings (SSSR count). The topological polar surface area (TPSA) is 29.9 Å². The second kappa shape index (κ2) is 5.96. The van der Waals surface area contributed by atoms with E-state index in [0.717, 1.165) is 30.9 Å². The Morgan fingerprint density at radius 2 is 1.95 bits per heavy atom. The fourth-order valence-electron chi connectivity index (χ4n) is 2.28. The van der Waals surface area contributed by atoms with Gasteiger partial charge in [-0.3, -0.25) is 0 Å². The first-order valence-corrected chi connectivity index (χ1v) is 7.61. The lowest BCUT2D eigenvalue weighted by Gasteiger charge is -2.28. The van der Waals surface area contributed by atoms with E-state index in [2.05, 4.69) is 68.8 Å². The summed E-state index contributed by atoms with van der Waals surface area (Å²) in [6.45, 7) is 13.1. The molecule has 0 bridgehead atoms. The molecule has 0 fully saturated rings. The number of hydrogen-bond acceptors (Lipinski definition) is 2. The molecular formula is C17H27N3. The van der Waals surface area contributed by atoms with Gasteiger partial charge in [0.1, 0.15) is 5.82 Å². The fraction of sp³-hybridized carbons (Fsp3) is 0.588. The summed E-state index contributed by atoms with van der Waals surface area (Å²) in [6, 6.07) is 8.86. The van der Waals surface area contributed by atoms with Crippen LogP contribution in [0, 0.1) is 5.41 Å². The lowest BCUT2D eigenvalue weighted by atomic mass is 9.88. The Bertz CT molecular complexity index is 563. The molecule has 1 aromatic heterocycles. The summed E-state index contributed by atoms with van der Waals surface area (Å²) in [5.41, 5.74) is 2.61. The van der Waals surface area contributed by atoms with Gasteiger partial charge in [-0.1, -0.05) is 39.8 Å². The van der Waals surface area contributed by atoms with Crippen molar-refractivity contribution in [3.8, 4) is 0 Å². The van der Waals surface area contributed by atoms with Gasteiger partial charge in [0, 0.05) is 12.6 Å². The molecule has 20 heavy (non-hydrogen) atoms. The van der Waals surface area contributed by atoms with Crippen LogP contribution in [-0.2, 0) is 13.1 Å². The molecule has 3 heteroatoms. The molecule has 0 aliphatic heterocycles. The molecule has 110 valence electrons. The van der Waals surface area contributed by atoms with E-state index in [-0.39, 0.29) is 5.41 Å². The Kier molecular flexibility index (Phi) is 4.48. The van der Waals surface area contributed by atoms with Crippen molar-refractivity contribution in [3.63, 3.8) is 0 Å². The van der Waals surface area contributed by atoms with Crippen molar-refractivity contribution in [3.05, 3.63) is 30.1 Å².